The average Bonchev–Trinajstić information content (AvgIpc) is 2.81. The highest BCUT2D eigenvalue weighted by Crippen LogP contribution is 2.34. The van der Waals surface area contributed by atoms with Gasteiger partial charge in [0.1, 0.15) is 0 Å². The van der Waals surface area contributed by atoms with E-state index in [1.165, 1.54) is 16.1 Å². The van der Waals surface area contributed by atoms with Crippen molar-refractivity contribution in [1.29, 1.82) is 0 Å². The fourth-order valence-corrected chi connectivity index (χ4v) is 4.08. The molecule has 1 N–H and O–H groups in total. The Morgan fingerprint density at radius 1 is 1.42 bits per heavy atom. The van der Waals surface area contributed by atoms with Crippen molar-refractivity contribution in [3.63, 3.8) is 0 Å². The standard InChI is InChI=1S/C15H20N2OS/c1-16-10-15(7-4-8-18-11-15)9-14-17-12-5-2-3-6-13(12)19-14/h2-3,5-6,16H,4,7-11H2,1H3. The molecule has 4 heteroatoms. The van der Waals surface area contributed by atoms with Crippen molar-refractivity contribution in [2.75, 3.05) is 26.8 Å². The second-order valence-corrected chi connectivity index (χ2v) is 6.55. The molecule has 1 atom stereocenters. The fourth-order valence-electron chi connectivity index (χ4n) is 2.94. The molecular weight excluding hydrogens is 256 g/mol. The van der Waals surface area contributed by atoms with Gasteiger partial charge in [-0.15, -0.1) is 11.3 Å². The van der Waals surface area contributed by atoms with Crippen molar-refractivity contribution in [2.24, 2.45) is 5.41 Å². The van der Waals surface area contributed by atoms with Gasteiger partial charge in [0.15, 0.2) is 0 Å². The maximum atomic E-state index is 5.72. The molecule has 0 aliphatic carbocycles. The quantitative estimate of drug-likeness (QED) is 0.932. The summed E-state index contributed by atoms with van der Waals surface area (Å²) >= 11 is 1.82. The molecule has 3 rings (SSSR count). The Labute approximate surface area is 118 Å². The topological polar surface area (TPSA) is 34.2 Å². The highest BCUT2D eigenvalue weighted by molar-refractivity contribution is 7.18. The molecule has 0 spiro atoms. The van der Waals surface area contributed by atoms with Crippen LogP contribution in [0.25, 0.3) is 10.2 Å². The molecule has 0 amide bonds. The van der Waals surface area contributed by atoms with Gasteiger partial charge in [-0.2, -0.15) is 0 Å². The monoisotopic (exact) mass is 276 g/mol. The lowest BCUT2D eigenvalue weighted by Crippen LogP contribution is -2.41. The van der Waals surface area contributed by atoms with Gasteiger partial charge in [0.25, 0.3) is 0 Å². The van der Waals surface area contributed by atoms with Crippen LogP contribution in [0.3, 0.4) is 0 Å². The molecule has 1 aromatic heterocycles. The summed E-state index contributed by atoms with van der Waals surface area (Å²) in [5.41, 5.74) is 1.35. The molecule has 1 aromatic carbocycles. The van der Waals surface area contributed by atoms with Crippen molar-refractivity contribution in [3.8, 4) is 0 Å². The van der Waals surface area contributed by atoms with Crippen LogP contribution in [0.4, 0.5) is 0 Å². The largest absolute Gasteiger partial charge is 0.381 e. The Morgan fingerprint density at radius 3 is 3.05 bits per heavy atom. The molecule has 0 saturated carbocycles. The third kappa shape index (κ3) is 2.81. The highest BCUT2D eigenvalue weighted by atomic mass is 32.1. The van der Waals surface area contributed by atoms with Gasteiger partial charge in [0, 0.05) is 25.0 Å². The second kappa shape index (κ2) is 5.57. The van der Waals surface area contributed by atoms with E-state index in [9.17, 15) is 0 Å². The van der Waals surface area contributed by atoms with Gasteiger partial charge in [-0.3, -0.25) is 0 Å². The Hall–Kier alpha value is -0.970. The van der Waals surface area contributed by atoms with Crippen LogP contribution in [0.15, 0.2) is 24.3 Å². The molecule has 2 heterocycles. The van der Waals surface area contributed by atoms with E-state index in [1.54, 1.807) is 0 Å². The van der Waals surface area contributed by atoms with Gasteiger partial charge in [-0.1, -0.05) is 12.1 Å². The number of nitrogens with zero attached hydrogens (tertiary/aromatic N) is 1. The first-order chi connectivity index (χ1) is 9.31. The minimum absolute atomic E-state index is 0.223. The number of hydrogen-bond donors (Lipinski definition) is 1. The number of aromatic nitrogens is 1. The normalized spacial score (nSPS) is 23.8. The maximum absolute atomic E-state index is 5.72. The van der Waals surface area contributed by atoms with Gasteiger partial charge in [-0.05, 0) is 32.0 Å². The first kappa shape index (κ1) is 13.0. The van der Waals surface area contributed by atoms with Crippen molar-refractivity contribution in [2.45, 2.75) is 19.3 Å². The molecule has 2 aromatic rings. The van der Waals surface area contributed by atoms with Crippen molar-refractivity contribution in [1.82, 2.24) is 10.3 Å². The zero-order valence-corrected chi connectivity index (χ0v) is 12.1. The summed E-state index contributed by atoms with van der Waals surface area (Å²) in [5, 5.41) is 4.57. The van der Waals surface area contributed by atoms with Crippen molar-refractivity contribution < 1.29 is 4.74 Å². The average molecular weight is 276 g/mol. The molecule has 1 saturated heterocycles. The van der Waals surface area contributed by atoms with Crippen LogP contribution >= 0.6 is 11.3 Å². The third-order valence-electron chi connectivity index (χ3n) is 3.82. The highest BCUT2D eigenvalue weighted by Gasteiger charge is 2.33. The van der Waals surface area contributed by atoms with E-state index < -0.39 is 0 Å². The van der Waals surface area contributed by atoms with E-state index in [2.05, 4.69) is 29.6 Å². The minimum Gasteiger partial charge on any atom is -0.381 e. The van der Waals surface area contributed by atoms with Crippen LogP contribution in [-0.2, 0) is 11.2 Å². The third-order valence-corrected chi connectivity index (χ3v) is 4.86. The summed E-state index contributed by atoms with van der Waals surface area (Å²) in [6.45, 7) is 2.76. The molecule has 1 aliphatic heterocycles. The predicted octanol–water partition coefficient (Wildman–Crippen LogP) is 2.86. The van der Waals surface area contributed by atoms with Crippen LogP contribution in [-0.4, -0.2) is 31.8 Å². The molecule has 1 unspecified atom stereocenters. The van der Waals surface area contributed by atoms with Gasteiger partial charge in [0.05, 0.1) is 21.8 Å². The molecule has 1 aliphatic rings. The van der Waals surface area contributed by atoms with E-state index >= 15 is 0 Å². The lowest BCUT2D eigenvalue weighted by Gasteiger charge is -2.36. The number of thiazole rings is 1. The summed E-state index contributed by atoms with van der Waals surface area (Å²) < 4.78 is 7.01. The zero-order chi connectivity index (χ0) is 13.1. The lowest BCUT2D eigenvalue weighted by molar-refractivity contribution is -0.00623. The van der Waals surface area contributed by atoms with Crippen LogP contribution < -0.4 is 5.32 Å². The smallest absolute Gasteiger partial charge is 0.0945 e. The van der Waals surface area contributed by atoms with Crippen molar-refractivity contribution >= 4 is 21.6 Å². The molecule has 0 bridgehead atoms. The van der Waals surface area contributed by atoms with E-state index in [0.717, 1.165) is 38.1 Å². The van der Waals surface area contributed by atoms with Crippen molar-refractivity contribution in [3.05, 3.63) is 29.3 Å². The van der Waals surface area contributed by atoms with E-state index in [1.807, 2.05) is 18.4 Å². The summed E-state index contributed by atoms with van der Waals surface area (Å²) in [7, 11) is 2.02. The number of fused-ring (bicyclic) bond motifs is 1. The van der Waals surface area contributed by atoms with E-state index in [4.69, 9.17) is 9.72 Å². The summed E-state index contributed by atoms with van der Waals surface area (Å²) in [5.74, 6) is 0. The Balaban J connectivity index is 1.84. The molecule has 102 valence electrons. The molecule has 1 fully saturated rings. The first-order valence-electron chi connectivity index (χ1n) is 6.88. The summed E-state index contributed by atoms with van der Waals surface area (Å²) in [6.07, 6.45) is 3.41. The van der Waals surface area contributed by atoms with Gasteiger partial charge in [0.2, 0.25) is 0 Å². The number of benzene rings is 1. The number of para-hydroxylation sites is 1. The number of nitrogens with one attached hydrogen (secondary N) is 1. The Kier molecular flexibility index (Phi) is 3.82. The number of rotatable bonds is 4. The Morgan fingerprint density at radius 2 is 2.32 bits per heavy atom. The van der Waals surface area contributed by atoms with Gasteiger partial charge in [-0.25, -0.2) is 4.98 Å². The Bertz CT molecular complexity index is 507. The summed E-state index contributed by atoms with van der Waals surface area (Å²) in [6, 6.07) is 8.38. The summed E-state index contributed by atoms with van der Waals surface area (Å²) in [4.78, 5) is 4.77. The molecule has 3 nitrogen and oxygen atoms in total. The molecule has 19 heavy (non-hydrogen) atoms. The van der Waals surface area contributed by atoms with E-state index in [0.29, 0.717) is 0 Å². The number of ether oxygens (including phenoxy) is 1. The van der Waals surface area contributed by atoms with Gasteiger partial charge >= 0.3 is 0 Å². The van der Waals surface area contributed by atoms with Crippen LogP contribution in [0, 0.1) is 5.41 Å². The predicted molar refractivity (Wildman–Crippen MR) is 79.7 cm³/mol. The van der Waals surface area contributed by atoms with Crippen LogP contribution in [0.5, 0.6) is 0 Å². The minimum atomic E-state index is 0.223. The molecular formula is C15H20N2OS. The van der Waals surface area contributed by atoms with Crippen LogP contribution in [0.2, 0.25) is 0 Å². The second-order valence-electron chi connectivity index (χ2n) is 5.44. The fraction of sp³-hybridized carbons (Fsp3) is 0.533. The first-order valence-corrected chi connectivity index (χ1v) is 7.70. The SMILES string of the molecule is CNCC1(Cc2nc3ccccc3s2)CCCOC1. The zero-order valence-electron chi connectivity index (χ0n) is 11.3. The van der Waals surface area contributed by atoms with E-state index in [-0.39, 0.29) is 5.41 Å². The van der Waals surface area contributed by atoms with Gasteiger partial charge < -0.3 is 10.1 Å². The molecule has 0 radical (unpaired) electrons. The van der Waals surface area contributed by atoms with Crippen LogP contribution in [0.1, 0.15) is 17.8 Å². The maximum Gasteiger partial charge on any atom is 0.0945 e. The number of hydrogen-bond acceptors (Lipinski definition) is 4. The lowest BCUT2D eigenvalue weighted by atomic mass is 9.79.